The Labute approximate surface area is 169 Å². The second-order valence-corrected chi connectivity index (χ2v) is 7.04. The number of carboxylic acid groups (broad SMARTS) is 1. The maximum atomic E-state index is 13.4. The second-order valence-electron chi connectivity index (χ2n) is 7.04. The van der Waals surface area contributed by atoms with Gasteiger partial charge in [-0.3, -0.25) is 9.59 Å². The van der Waals surface area contributed by atoms with E-state index in [0.717, 1.165) is 11.1 Å². The Bertz CT molecular complexity index is 1050. The quantitative estimate of drug-likeness (QED) is 0.710. The van der Waals surface area contributed by atoms with Crippen molar-refractivity contribution in [2.24, 2.45) is 0 Å². The number of carboxylic acids is 1. The van der Waals surface area contributed by atoms with Crippen molar-refractivity contribution in [3.05, 3.63) is 101 Å². The Balaban J connectivity index is 1.89. The Hall–Kier alpha value is -3.60. The lowest BCUT2D eigenvalue weighted by atomic mass is 9.79. The fraction of sp³-hybridized carbons (Fsp3) is 0.167. The number of nitrogens with zero attached hydrogens (tertiary/aromatic N) is 1. The highest BCUT2D eigenvalue weighted by Gasteiger charge is 2.44. The summed E-state index contributed by atoms with van der Waals surface area (Å²) in [7, 11) is 1.57. The highest BCUT2D eigenvalue weighted by Crippen LogP contribution is 2.44. The van der Waals surface area contributed by atoms with Gasteiger partial charge >= 0.3 is 5.97 Å². The molecular formula is C24H21NO4. The van der Waals surface area contributed by atoms with E-state index in [1.54, 1.807) is 48.4 Å². The Morgan fingerprint density at radius 3 is 2.45 bits per heavy atom. The molecule has 3 aromatic carbocycles. The van der Waals surface area contributed by atoms with Crippen molar-refractivity contribution in [2.45, 2.75) is 18.5 Å². The number of carbonyl (C=O) groups excluding carboxylic acids is 1. The molecule has 4 rings (SSSR count). The smallest absolute Gasteiger partial charge is 0.313 e. The summed E-state index contributed by atoms with van der Waals surface area (Å²) in [5.74, 6) is -1.39. The minimum atomic E-state index is -0.962. The van der Waals surface area contributed by atoms with Crippen LogP contribution in [0.1, 0.15) is 39.0 Å². The van der Waals surface area contributed by atoms with Crippen molar-refractivity contribution in [2.75, 3.05) is 7.11 Å². The topological polar surface area (TPSA) is 66.8 Å². The first-order chi connectivity index (χ1) is 14.1. The van der Waals surface area contributed by atoms with E-state index in [4.69, 9.17) is 4.74 Å². The molecule has 0 radical (unpaired) electrons. The summed E-state index contributed by atoms with van der Waals surface area (Å²) in [6.07, 6.45) is 0. The van der Waals surface area contributed by atoms with Crippen molar-refractivity contribution in [3.8, 4) is 5.75 Å². The van der Waals surface area contributed by atoms with Crippen molar-refractivity contribution < 1.29 is 19.4 Å². The van der Waals surface area contributed by atoms with Crippen LogP contribution < -0.4 is 4.74 Å². The maximum absolute atomic E-state index is 13.4. The molecule has 0 saturated heterocycles. The third-order valence-corrected chi connectivity index (χ3v) is 5.34. The molecule has 0 saturated carbocycles. The van der Waals surface area contributed by atoms with Gasteiger partial charge in [0.15, 0.2) is 0 Å². The van der Waals surface area contributed by atoms with Crippen LogP contribution in [-0.4, -0.2) is 29.0 Å². The summed E-state index contributed by atoms with van der Waals surface area (Å²) < 4.78 is 5.34. The first kappa shape index (κ1) is 18.7. The summed E-state index contributed by atoms with van der Waals surface area (Å²) in [5, 5.41) is 10.1. The minimum absolute atomic E-state index is 0.172. The van der Waals surface area contributed by atoms with Crippen LogP contribution in [0.25, 0.3) is 0 Å². The lowest BCUT2D eigenvalue weighted by Crippen LogP contribution is -2.44. The first-order valence-electron chi connectivity index (χ1n) is 9.40. The SMILES string of the molecule is COc1cccc(C2C(C(=O)O)c3ccccc3C(=O)N2Cc2ccccc2)c1. The van der Waals surface area contributed by atoms with Gasteiger partial charge in [-0.1, -0.05) is 60.7 Å². The van der Waals surface area contributed by atoms with Gasteiger partial charge < -0.3 is 14.7 Å². The summed E-state index contributed by atoms with van der Waals surface area (Å²) in [6, 6.07) is 23.2. The standard InChI is InChI=1S/C24H21NO4/c1-29-18-11-7-10-17(14-18)22-21(24(27)28)19-12-5-6-13-20(19)23(26)25(22)15-16-8-3-2-4-9-16/h2-14,21-22H,15H2,1H3,(H,27,28). The molecule has 0 bridgehead atoms. The van der Waals surface area contributed by atoms with Crippen LogP contribution in [-0.2, 0) is 11.3 Å². The molecule has 1 aliphatic heterocycles. The van der Waals surface area contributed by atoms with Crippen LogP contribution in [0.2, 0.25) is 0 Å². The molecule has 1 amide bonds. The van der Waals surface area contributed by atoms with Gasteiger partial charge in [0.2, 0.25) is 0 Å². The number of carbonyl (C=O) groups is 2. The predicted molar refractivity (Wildman–Crippen MR) is 109 cm³/mol. The van der Waals surface area contributed by atoms with Gasteiger partial charge in [-0.05, 0) is 34.9 Å². The van der Waals surface area contributed by atoms with Gasteiger partial charge in [-0.15, -0.1) is 0 Å². The van der Waals surface area contributed by atoms with Gasteiger partial charge in [-0.2, -0.15) is 0 Å². The van der Waals surface area contributed by atoms with Crippen LogP contribution in [0, 0.1) is 0 Å². The van der Waals surface area contributed by atoms with E-state index in [1.165, 1.54) is 0 Å². The third kappa shape index (κ3) is 3.47. The van der Waals surface area contributed by atoms with E-state index in [1.807, 2.05) is 42.5 Å². The summed E-state index contributed by atoms with van der Waals surface area (Å²) >= 11 is 0. The number of methoxy groups -OCH3 is 1. The summed E-state index contributed by atoms with van der Waals surface area (Å²) in [5.41, 5.74) is 2.66. The zero-order chi connectivity index (χ0) is 20.4. The lowest BCUT2D eigenvalue weighted by Gasteiger charge is -2.41. The van der Waals surface area contributed by atoms with Gasteiger partial charge in [0.05, 0.1) is 13.2 Å². The number of hydrogen-bond donors (Lipinski definition) is 1. The van der Waals surface area contributed by atoms with Crippen molar-refractivity contribution in [1.29, 1.82) is 0 Å². The summed E-state index contributed by atoms with van der Waals surface area (Å²) in [6.45, 7) is 0.319. The average molecular weight is 387 g/mol. The van der Waals surface area contributed by atoms with Crippen LogP contribution in [0.3, 0.4) is 0 Å². The van der Waals surface area contributed by atoms with Gasteiger partial charge in [0.1, 0.15) is 11.7 Å². The minimum Gasteiger partial charge on any atom is -0.497 e. The third-order valence-electron chi connectivity index (χ3n) is 5.34. The molecule has 1 N–H and O–H groups in total. The largest absolute Gasteiger partial charge is 0.497 e. The number of benzene rings is 3. The van der Waals surface area contributed by atoms with E-state index in [2.05, 4.69) is 0 Å². The normalized spacial score (nSPS) is 18.2. The number of rotatable bonds is 5. The highest BCUT2D eigenvalue weighted by atomic mass is 16.5. The monoisotopic (exact) mass is 387 g/mol. The number of ether oxygens (including phenoxy) is 1. The maximum Gasteiger partial charge on any atom is 0.313 e. The van der Waals surface area contributed by atoms with E-state index in [9.17, 15) is 14.7 Å². The van der Waals surface area contributed by atoms with E-state index in [-0.39, 0.29) is 5.91 Å². The molecule has 3 aromatic rings. The van der Waals surface area contributed by atoms with Crippen LogP contribution >= 0.6 is 0 Å². The molecule has 146 valence electrons. The highest BCUT2D eigenvalue weighted by molar-refractivity contribution is 6.00. The van der Waals surface area contributed by atoms with E-state index >= 15 is 0 Å². The Morgan fingerprint density at radius 2 is 1.72 bits per heavy atom. The van der Waals surface area contributed by atoms with Gasteiger partial charge in [0.25, 0.3) is 5.91 Å². The molecule has 29 heavy (non-hydrogen) atoms. The summed E-state index contributed by atoms with van der Waals surface area (Å²) in [4.78, 5) is 27.5. The number of amides is 1. The van der Waals surface area contributed by atoms with Crippen LogP contribution in [0.15, 0.2) is 78.9 Å². The fourth-order valence-corrected chi connectivity index (χ4v) is 4.01. The molecule has 5 heteroatoms. The molecular weight excluding hydrogens is 366 g/mol. The van der Waals surface area contributed by atoms with Gasteiger partial charge in [-0.25, -0.2) is 0 Å². The molecule has 2 unspecified atom stereocenters. The number of hydrogen-bond acceptors (Lipinski definition) is 3. The van der Waals surface area contributed by atoms with E-state index < -0.39 is 17.9 Å². The Morgan fingerprint density at radius 1 is 1.00 bits per heavy atom. The predicted octanol–water partition coefficient (Wildman–Crippen LogP) is 4.26. The molecule has 1 heterocycles. The number of fused-ring (bicyclic) bond motifs is 1. The molecule has 0 spiro atoms. The van der Waals surface area contributed by atoms with Crippen molar-refractivity contribution in [3.63, 3.8) is 0 Å². The van der Waals surface area contributed by atoms with Crippen LogP contribution in [0.5, 0.6) is 5.75 Å². The zero-order valence-corrected chi connectivity index (χ0v) is 16.0. The second kappa shape index (κ2) is 7.80. The molecule has 0 aliphatic carbocycles. The first-order valence-corrected chi connectivity index (χ1v) is 9.40. The average Bonchev–Trinajstić information content (AvgIpc) is 2.76. The zero-order valence-electron chi connectivity index (χ0n) is 16.0. The van der Waals surface area contributed by atoms with Crippen molar-refractivity contribution in [1.82, 2.24) is 4.90 Å². The molecule has 1 aliphatic rings. The van der Waals surface area contributed by atoms with Crippen molar-refractivity contribution >= 4 is 11.9 Å². The molecule has 2 atom stereocenters. The van der Waals surface area contributed by atoms with Gasteiger partial charge in [0, 0.05) is 12.1 Å². The fourth-order valence-electron chi connectivity index (χ4n) is 4.01. The van der Waals surface area contributed by atoms with E-state index in [0.29, 0.717) is 23.4 Å². The molecule has 0 aromatic heterocycles. The Kier molecular flexibility index (Phi) is 5.04. The molecule has 0 fully saturated rings. The molecule has 5 nitrogen and oxygen atoms in total. The van der Waals surface area contributed by atoms with Crippen LogP contribution in [0.4, 0.5) is 0 Å². The lowest BCUT2D eigenvalue weighted by molar-refractivity contribution is -0.140. The number of aliphatic carboxylic acids is 1.